The highest BCUT2D eigenvalue weighted by Gasteiger charge is 2.40. The average molecular weight is 327 g/mol. The Morgan fingerprint density at radius 3 is 2.82 bits per heavy atom. The molecule has 0 bridgehead atoms. The van der Waals surface area contributed by atoms with Crippen LogP contribution in [-0.4, -0.2) is 44.4 Å². The van der Waals surface area contributed by atoms with Crippen molar-refractivity contribution in [3.8, 4) is 5.75 Å². The maximum atomic E-state index is 12.6. The van der Waals surface area contributed by atoms with Crippen molar-refractivity contribution in [3.05, 3.63) is 29.8 Å². The standard InChI is InChI=1S/C16H22N2O3.ClH/c1-20-16(6-8-17-9-7-16)15(19)18-13-10-12-4-2-3-5-14(12)21-11-13;/h2-5,13,17H,6-11H2,1H3,(H,18,19);1H. The topological polar surface area (TPSA) is 59.6 Å². The Hall–Kier alpha value is -1.30. The molecule has 0 saturated carbocycles. The maximum Gasteiger partial charge on any atom is 0.252 e. The number of hydrogen-bond acceptors (Lipinski definition) is 4. The lowest BCUT2D eigenvalue weighted by Gasteiger charge is -2.36. The summed E-state index contributed by atoms with van der Waals surface area (Å²) in [4.78, 5) is 12.6. The average Bonchev–Trinajstić information content (AvgIpc) is 2.55. The van der Waals surface area contributed by atoms with Gasteiger partial charge in [-0.1, -0.05) is 18.2 Å². The molecule has 1 saturated heterocycles. The van der Waals surface area contributed by atoms with Crippen LogP contribution in [0.4, 0.5) is 0 Å². The van der Waals surface area contributed by atoms with Crippen LogP contribution in [-0.2, 0) is 16.0 Å². The SMILES string of the molecule is COC1(C(=O)NC2COc3ccccc3C2)CCNCC1.Cl. The number of fused-ring (bicyclic) bond motifs is 1. The number of ether oxygens (including phenoxy) is 2. The second-order valence-electron chi connectivity index (χ2n) is 5.74. The van der Waals surface area contributed by atoms with E-state index in [0.717, 1.165) is 30.8 Å². The molecular formula is C16H23ClN2O3. The van der Waals surface area contributed by atoms with Gasteiger partial charge in [-0.25, -0.2) is 0 Å². The Morgan fingerprint density at radius 1 is 1.36 bits per heavy atom. The van der Waals surface area contributed by atoms with Gasteiger partial charge in [0.2, 0.25) is 0 Å². The van der Waals surface area contributed by atoms with E-state index in [2.05, 4.69) is 10.6 Å². The zero-order valence-electron chi connectivity index (χ0n) is 12.8. The smallest absolute Gasteiger partial charge is 0.252 e. The van der Waals surface area contributed by atoms with Crippen molar-refractivity contribution in [3.63, 3.8) is 0 Å². The fourth-order valence-corrected chi connectivity index (χ4v) is 3.09. The molecule has 2 aliphatic heterocycles. The van der Waals surface area contributed by atoms with Crippen LogP contribution >= 0.6 is 12.4 Å². The van der Waals surface area contributed by atoms with E-state index < -0.39 is 5.60 Å². The number of piperidine rings is 1. The summed E-state index contributed by atoms with van der Waals surface area (Å²) in [7, 11) is 1.62. The second-order valence-corrected chi connectivity index (χ2v) is 5.74. The molecule has 122 valence electrons. The summed E-state index contributed by atoms with van der Waals surface area (Å²) in [5.41, 5.74) is 0.452. The first-order valence-electron chi connectivity index (χ1n) is 7.51. The molecule has 1 unspecified atom stereocenters. The highest BCUT2D eigenvalue weighted by molar-refractivity contribution is 5.86. The lowest BCUT2D eigenvalue weighted by Crippen LogP contribution is -2.57. The predicted octanol–water partition coefficient (Wildman–Crippen LogP) is 1.30. The number of carbonyl (C=O) groups excluding carboxylic acids is 1. The molecule has 0 radical (unpaired) electrons. The maximum absolute atomic E-state index is 12.6. The van der Waals surface area contributed by atoms with Crippen molar-refractivity contribution < 1.29 is 14.3 Å². The lowest BCUT2D eigenvalue weighted by molar-refractivity contribution is -0.147. The summed E-state index contributed by atoms with van der Waals surface area (Å²) < 4.78 is 11.3. The number of methoxy groups -OCH3 is 1. The van der Waals surface area contributed by atoms with Crippen LogP contribution < -0.4 is 15.4 Å². The number of nitrogens with one attached hydrogen (secondary N) is 2. The summed E-state index contributed by atoms with van der Waals surface area (Å²) in [6, 6.07) is 7.98. The number of rotatable bonds is 3. The van der Waals surface area contributed by atoms with Gasteiger partial charge in [-0.2, -0.15) is 0 Å². The third-order valence-corrected chi connectivity index (χ3v) is 4.43. The van der Waals surface area contributed by atoms with Crippen LogP contribution in [0, 0.1) is 0 Å². The number of halogens is 1. The van der Waals surface area contributed by atoms with Crippen molar-refractivity contribution in [2.75, 3.05) is 26.8 Å². The zero-order chi connectivity index (χ0) is 14.7. The Balaban J connectivity index is 0.00000176. The number of benzene rings is 1. The molecular weight excluding hydrogens is 304 g/mol. The van der Waals surface area contributed by atoms with Gasteiger partial charge in [0.05, 0.1) is 6.04 Å². The van der Waals surface area contributed by atoms with Crippen molar-refractivity contribution in [1.82, 2.24) is 10.6 Å². The zero-order valence-corrected chi connectivity index (χ0v) is 13.6. The summed E-state index contributed by atoms with van der Waals surface area (Å²) in [6.45, 7) is 2.14. The molecule has 1 amide bonds. The van der Waals surface area contributed by atoms with E-state index in [4.69, 9.17) is 9.47 Å². The first-order chi connectivity index (χ1) is 10.2. The van der Waals surface area contributed by atoms with Gasteiger partial charge in [0.25, 0.3) is 5.91 Å². The van der Waals surface area contributed by atoms with Crippen LogP contribution in [0.25, 0.3) is 0 Å². The number of hydrogen-bond donors (Lipinski definition) is 2. The molecule has 1 atom stereocenters. The minimum Gasteiger partial charge on any atom is -0.491 e. The molecule has 1 aromatic carbocycles. The Morgan fingerprint density at radius 2 is 2.09 bits per heavy atom. The Kier molecular flexibility index (Phi) is 5.67. The normalized spacial score (nSPS) is 22.7. The molecule has 2 aliphatic rings. The molecule has 0 aliphatic carbocycles. The van der Waals surface area contributed by atoms with Crippen LogP contribution in [0.1, 0.15) is 18.4 Å². The summed E-state index contributed by atoms with van der Waals surface area (Å²) in [6.07, 6.45) is 2.22. The largest absolute Gasteiger partial charge is 0.491 e. The van der Waals surface area contributed by atoms with Gasteiger partial charge in [-0.3, -0.25) is 4.79 Å². The van der Waals surface area contributed by atoms with Crippen LogP contribution in [0.15, 0.2) is 24.3 Å². The molecule has 2 N–H and O–H groups in total. The summed E-state index contributed by atoms with van der Waals surface area (Å²) >= 11 is 0. The van der Waals surface area contributed by atoms with E-state index in [0.29, 0.717) is 19.4 Å². The van der Waals surface area contributed by atoms with E-state index in [9.17, 15) is 4.79 Å². The monoisotopic (exact) mass is 326 g/mol. The summed E-state index contributed by atoms with van der Waals surface area (Å²) in [5, 5.41) is 6.37. The van der Waals surface area contributed by atoms with E-state index in [1.807, 2.05) is 24.3 Å². The third kappa shape index (κ3) is 3.37. The fraction of sp³-hybridized carbons (Fsp3) is 0.562. The highest BCUT2D eigenvalue weighted by atomic mass is 35.5. The molecule has 0 spiro atoms. The molecule has 0 aromatic heterocycles. The van der Waals surface area contributed by atoms with Crippen molar-refractivity contribution in [2.45, 2.75) is 30.9 Å². The first kappa shape index (κ1) is 17.1. The first-order valence-corrected chi connectivity index (χ1v) is 7.51. The van der Waals surface area contributed by atoms with Crippen molar-refractivity contribution in [1.29, 1.82) is 0 Å². The van der Waals surface area contributed by atoms with Crippen molar-refractivity contribution >= 4 is 18.3 Å². The third-order valence-electron chi connectivity index (χ3n) is 4.43. The van der Waals surface area contributed by atoms with Crippen LogP contribution in [0.5, 0.6) is 5.75 Å². The molecule has 5 nitrogen and oxygen atoms in total. The van der Waals surface area contributed by atoms with Gasteiger partial charge in [0, 0.05) is 7.11 Å². The number of para-hydroxylation sites is 1. The van der Waals surface area contributed by atoms with Gasteiger partial charge in [-0.05, 0) is 44.0 Å². The number of carbonyl (C=O) groups is 1. The molecule has 3 rings (SSSR count). The second kappa shape index (κ2) is 7.31. The fourth-order valence-electron chi connectivity index (χ4n) is 3.09. The quantitative estimate of drug-likeness (QED) is 0.879. The highest BCUT2D eigenvalue weighted by Crippen LogP contribution is 2.26. The van der Waals surface area contributed by atoms with E-state index in [1.54, 1.807) is 7.11 Å². The van der Waals surface area contributed by atoms with E-state index >= 15 is 0 Å². The molecule has 22 heavy (non-hydrogen) atoms. The van der Waals surface area contributed by atoms with Gasteiger partial charge in [-0.15, -0.1) is 12.4 Å². The summed E-state index contributed by atoms with van der Waals surface area (Å²) in [5.74, 6) is 0.908. The van der Waals surface area contributed by atoms with E-state index in [1.165, 1.54) is 0 Å². The lowest BCUT2D eigenvalue weighted by atomic mass is 9.90. The van der Waals surface area contributed by atoms with Crippen LogP contribution in [0.3, 0.4) is 0 Å². The minimum absolute atomic E-state index is 0. The van der Waals surface area contributed by atoms with Crippen LogP contribution in [0.2, 0.25) is 0 Å². The molecule has 1 aromatic rings. The predicted molar refractivity (Wildman–Crippen MR) is 86.7 cm³/mol. The molecule has 2 heterocycles. The molecule has 1 fully saturated rings. The van der Waals surface area contributed by atoms with Gasteiger partial charge in [0.15, 0.2) is 0 Å². The molecule has 6 heteroatoms. The van der Waals surface area contributed by atoms with Gasteiger partial charge >= 0.3 is 0 Å². The Bertz CT molecular complexity index is 518. The van der Waals surface area contributed by atoms with Gasteiger partial charge < -0.3 is 20.1 Å². The van der Waals surface area contributed by atoms with Crippen molar-refractivity contribution in [2.24, 2.45) is 0 Å². The Labute approximate surface area is 137 Å². The minimum atomic E-state index is -0.692. The van der Waals surface area contributed by atoms with E-state index in [-0.39, 0.29) is 24.4 Å². The van der Waals surface area contributed by atoms with Gasteiger partial charge in [0.1, 0.15) is 18.0 Å². The number of amides is 1.